The molecule has 1 N–H and O–H groups in total. The van der Waals surface area contributed by atoms with Crippen LogP contribution < -0.4 is 5.32 Å². The summed E-state index contributed by atoms with van der Waals surface area (Å²) < 4.78 is 42.7. The van der Waals surface area contributed by atoms with Gasteiger partial charge in [0.15, 0.2) is 5.82 Å². The van der Waals surface area contributed by atoms with E-state index in [1.807, 2.05) is 0 Å². The third-order valence-corrected chi connectivity index (χ3v) is 4.18. The Morgan fingerprint density at radius 2 is 1.67 bits per heavy atom. The number of aryl methyl sites for hydroxylation is 1. The smallest absolute Gasteiger partial charge is 0.360 e. The van der Waals surface area contributed by atoms with Gasteiger partial charge in [0, 0.05) is 37.8 Å². The fourth-order valence-electron chi connectivity index (χ4n) is 2.71. The molecule has 1 aromatic heterocycles. The second-order valence-electron chi connectivity index (χ2n) is 6.11. The van der Waals surface area contributed by atoms with Crippen LogP contribution in [0.3, 0.4) is 0 Å². The molecule has 3 amide bonds. The quantitative estimate of drug-likeness (QED) is 0.866. The van der Waals surface area contributed by atoms with Crippen molar-refractivity contribution in [3.63, 3.8) is 0 Å². The van der Waals surface area contributed by atoms with Crippen LogP contribution in [-0.2, 0) is 6.18 Å². The Labute approximate surface area is 152 Å². The molecule has 1 saturated heterocycles. The molecule has 2 aromatic rings. The molecule has 0 saturated carbocycles. The summed E-state index contributed by atoms with van der Waals surface area (Å²) in [5.74, 6) is 0.508. The monoisotopic (exact) mass is 382 g/mol. The number of nitrogens with one attached hydrogen (secondary N) is 1. The highest BCUT2D eigenvalue weighted by atomic mass is 19.4. The van der Waals surface area contributed by atoms with E-state index in [9.17, 15) is 22.8 Å². The number of urea groups is 1. The van der Waals surface area contributed by atoms with Crippen LogP contribution in [0.2, 0.25) is 0 Å². The largest absolute Gasteiger partial charge is 0.416 e. The Hall–Kier alpha value is -3.04. The van der Waals surface area contributed by atoms with Crippen LogP contribution in [0.25, 0.3) is 0 Å². The van der Waals surface area contributed by atoms with Crippen molar-refractivity contribution in [2.75, 3.05) is 31.5 Å². The molecule has 0 atom stereocenters. The van der Waals surface area contributed by atoms with Crippen molar-refractivity contribution >= 4 is 17.8 Å². The molecule has 0 bridgehead atoms. The average molecular weight is 382 g/mol. The summed E-state index contributed by atoms with van der Waals surface area (Å²) >= 11 is 0. The van der Waals surface area contributed by atoms with Crippen molar-refractivity contribution in [2.45, 2.75) is 13.1 Å². The van der Waals surface area contributed by atoms with Crippen LogP contribution in [0.15, 0.2) is 34.9 Å². The van der Waals surface area contributed by atoms with Gasteiger partial charge in [-0.1, -0.05) is 5.16 Å². The SMILES string of the molecule is Cc1cc(NC(=O)N2CCN(C(=O)c3ccc(C(F)(F)F)cc3)CC2)no1. The number of piperazine rings is 1. The summed E-state index contributed by atoms with van der Waals surface area (Å²) in [5.41, 5.74) is -0.623. The Morgan fingerprint density at radius 3 is 2.19 bits per heavy atom. The molecule has 27 heavy (non-hydrogen) atoms. The van der Waals surface area contributed by atoms with E-state index in [0.717, 1.165) is 24.3 Å². The topological polar surface area (TPSA) is 78.7 Å². The maximum Gasteiger partial charge on any atom is 0.416 e. The number of rotatable bonds is 2. The minimum absolute atomic E-state index is 0.180. The molecular formula is C17H17F3N4O3. The first-order valence-electron chi connectivity index (χ1n) is 8.20. The molecule has 1 aliphatic heterocycles. The number of hydrogen-bond acceptors (Lipinski definition) is 4. The second-order valence-corrected chi connectivity index (χ2v) is 6.11. The first-order valence-corrected chi connectivity index (χ1v) is 8.20. The Balaban J connectivity index is 1.55. The van der Waals surface area contributed by atoms with Crippen molar-refractivity contribution in [3.05, 3.63) is 47.2 Å². The van der Waals surface area contributed by atoms with Gasteiger partial charge in [0.25, 0.3) is 5.91 Å². The molecule has 1 aromatic carbocycles. The number of halogens is 3. The maximum atomic E-state index is 12.6. The van der Waals surface area contributed by atoms with E-state index >= 15 is 0 Å². The Kier molecular flexibility index (Phi) is 5.06. The van der Waals surface area contributed by atoms with Crippen LogP contribution in [0.5, 0.6) is 0 Å². The van der Waals surface area contributed by atoms with Crippen LogP contribution in [-0.4, -0.2) is 53.1 Å². The highest BCUT2D eigenvalue weighted by Crippen LogP contribution is 2.29. The molecule has 144 valence electrons. The van der Waals surface area contributed by atoms with Gasteiger partial charge in [-0.3, -0.25) is 10.1 Å². The zero-order chi connectivity index (χ0) is 19.6. The first kappa shape index (κ1) is 18.7. The number of carbonyl (C=O) groups is 2. The molecule has 3 rings (SSSR count). The van der Waals surface area contributed by atoms with Gasteiger partial charge in [-0.15, -0.1) is 0 Å². The van der Waals surface area contributed by atoms with E-state index in [-0.39, 0.29) is 30.6 Å². The number of aromatic nitrogens is 1. The predicted molar refractivity (Wildman–Crippen MR) is 89.2 cm³/mol. The van der Waals surface area contributed by atoms with Crippen molar-refractivity contribution in [1.82, 2.24) is 15.0 Å². The summed E-state index contributed by atoms with van der Waals surface area (Å²) in [7, 11) is 0. The van der Waals surface area contributed by atoms with Crippen LogP contribution in [0, 0.1) is 6.92 Å². The number of carbonyl (C=O) groups excluding carboxylic acids is 2. The van der Waals surface area contributed by atoms with Gasteiger partial charge in [-0.25, -0.2) is 4.79 Å². The third kappa shape index (κ3) is 4.39. The fourth-order valence-corrected chi connectivity index (χ4v) is 2.71. The standard InChI is InChI=1S/C17H17F3N4O3/c1-11-10-14(22-27-11)21-16(26)24-8-6-23(7-9-24)15(25)12-2-4-13(5-3-12)17(18,19)20/h2-5,10H,6-9H2,1H3,(H,21,22,26). The lowest BCUT2D eigenvalue weighted by atomic mass is 10.1. The lowest BCUT2D eigenvalue weighted by molar-refractivity contribution is -0.137. The molecule has 0 aliphatic carbocycles. The molecule has 0 unspecified atom stereocenters. The van der Waals surface area contributed by atoms with Gasteiger partial charge in [-0.2, -0.15) is 13.2 Å². The van der Waals surface area contributed by atoms with Gasteiger partial charge in [0.05, 0.1) is 5.56 Å². The van der Waals surface area contributed by atoms with Crippen molar-refractivity contribution in [2.24, 2.45) is 0 Å². The minimum atomic E-state index is -4.44. The second kappa shape index (κ2) is 7.29. The fraction of sp³-hybridized carbons (Fsp3) is 0.353. The van der Waals surface area contributed by atoms with E-state index in [1.165, 1.54) is 9.80 Å². The van der Waals surface area contributed by atoms with E-state index in [2.05, 4.69) is 10.5 Å². The number of nitrogens with zero attached hydrogens (tertiary/aromatic N) is 3. The summed E-state index contributed by atoms with van der Waals surface area (Å²) in [6.07, 6.45) is -4.44. The highest BCUT2D eigenvalue weighted by molar-refractivity contribution is 5.94. The number of amides is 3. The van der Waals surface area contributed by atoms with Gasteiger partial charge in [-0.05, 0) is 31.2 Å². The molecule has 1 fully saturated rings. The normalized spacial score (nSPS) is 15.0. The zero-order valence-corrected chi connectivity index (χ0v) is 14.4. The maximum absolute atomic E-state index is 12.6. The molecule has 1 aliphatic rings. The van der Waals surface area contributed by atoms with Crippen LogP contribution in [0.4, 0.5) is 23.8 Å². The van der Waals surface area contributed by atoms with E-state index in [0.29, 0.717) is 24.7 Å². The predicted octanol–water partition coefficient (Wildman–Crippen LogP) is 2.99. The van der Waals surface area contributed by atoms with Crippen molar-refractivity contribution < 1.29 is 27.3 Å². The van der Waals surface area contributed by atoms with Gasteiger partial charge in [0.1, 0.15) is 5.76 Å². The van der Waals surface area contributed by atoms with Crippen molar-refractivity contribution in [3.8, 4) is 0 Å². The number of hydrogen-bond donors (Lipinski definition) is 1. The Morgan fingerprint density at radius 1 is 1.07 bits per heavy atom. The minimum Gasteiger partial charge on any atom is -0.360 e. The number of alkyl halides is 3. The van der Waals surface area contributed by atoms with Crippen LogP contribution in [0.1, 0.15) is 21.7 Å². The summed E-state index contributed by atoms with van der Waals surface area (Å²) in [5, 5.41) is 6.28. The molecule has 0 spiro atoms. The molecule has 0 radical (unpaired) electrons. The lowest BCUT2D eigenvalue weighted by Gasteiger charge is -2.34. The van der Waals surface area contributed by atoms with E-state index in [4.69, 9.17) is 4.52 Å². The molecule has 10 heteroatoms. The summed E-state index contributed by atoms with van der Waals surface area (Å²) in [6, 6.07) is 5.33. The number of anilines is 1. The molecular weight excluding hydrogens is 365 g/mol. The summed E-state index contributed by atoms with van der Waals surface area (Å²) in [6.45, 7) is 2.87. The third-order valence-electron chi connectivity index (χ3n) is 4.18. The lowest BCUT2D eigenvalue weighted by Crippen LogP contribution is -2.51. The first-order chi connectivity index (χ1) is 12.7. The van der Waals surface area contributed by atoms with Gasteiger partial charge in [0.2, 0.25) is 0 Å². The molecule has 7 nitrogen and oxygen atoms in total. The van der Waals surface area contributed by atoms with Crippen LogP contribution >= 0.6 is 0 Å². The van der Waals surface area contributed by atoms with Gasteiger partial charge >= 0.3 is 12.2 Å². The van der Waals surface area contributed by atoms with E-state index < -0.39 is 11.7 Å². The zero-order valence-electron chi connectivity index (χ0n) is 14.4. The summed E-state index contributed by atoms with van der Waals surface area (Å²) in [4.78, 5) is 27.6. The molecule has 2 heterocycles. The highest BCUT2D eigenvalue weighted by Gasteiger charge is 2.31. The Bertz CT molecular complexity index is 825. The van der Waals surface area contributed by atoms with E-state index in [1.54, 1.807) is 13.0 Å². The number of benzene rings is 1. The van der Waals surface area contributed by atoms with Gasteiger partial charge < -0.3 is 14.3 Å². The average Bonchev–Trinajstić information content (AvgIpc) is 3.05. The van der Waals surface area contributed by atoms with Crippen molar-refractivity contribution in [1.29, 1.82) is 0 Å².